The van der Waals surface area contributed by atoms with E-state index in [-0.39, 0.29) is 0 Å². The number of rotatable bonds is 2. The smallest absolute Gasteiger partial charge is 0.0255 e. The maximum atomic E-state index is 3.49. The minimum absolute atomic E-state index is 0.414. The Morgan fingerprint density at radius 3 is 2.38 bits per heavy atom. The highest BCUT2D eigenvalue weighted by Gasteiger charge is 2.28. The monoisotopic (exact) mass is 184 g/mol. The van der Waals surface area contributed by atoms with E-state index in [0.717, 1.165) is 6.04 Å². The summed E-state index contributed by atoms with van der Waals surface area (Å²) in [4.78, 5) is 2.50. The van der Waals surface area contributed by atoms with Gasteiger partial charge in [0.1, 0.15) is 0 Å². The lowest BCUT2D eigenvalue weighted by Gasteiger charge is -2.33. The Balaban J connectivity index is 2.43. The SMILES string of the molecule is CC1NCCC1N(C)CC(C)(C)C. The quantitative estimate of drug-likeness (QED) is 0.703. The second-order valence-corrected chi connectivity index (χ2v) is 5.57. The molecule has 0 aliphatic carbocycles. The van der Waals surface area contributed by atoms with E-state index in [1.54, 1.807) is 0 Å². The Morgan fingerprint density at radius 1 is 1.38 bits per heavy atom. The van der Waals surface area contributed by atoms with Crippen LogP contribution in [-0.4, -0.2) is 37.1 Å². The minimum Gasteiger partial charge on any atom is -0.313 e. The van der Waals surface area contributed by atoms with Crippen molar-refractivity contribution in [2.24, 2.45) is 5.41 Å². The summed E-state index contributed by atoms with van der Waals surface area (Å²) in [5.74, 6) is 0. The highest BCUT2D eigenvalue weighted by Crippen LogP contribution is 2.20. The number of likely N-dealkylation sites (N-methyl/N-ethyl adjacent to an activating group) is 1. The molecule has 2 unspecified atom stereocenters. The van der Waals surface area contributed by atoms with Crippen LogP contribution in [0.3, 0.4) is 0 Å². The maximum absolute atomic E-state index is 3.49. The van der Waals surface area contributed by atoms with E-state index in [4.69, 9.17) is 0 Å². The van der Waals surface area contributed by atoms with Crippen LogP contribution in [0.1, 0.15) is 34.1 Å². The van der Waals surface area contributed by atoms with Crippen molar-refractivity contribution in [1.29, 1.82) is 0 Å². The fourth-order valence-corrected chi connectivity index (χ4v) is 2.31. The number of hydrogen-bond donors (Lipinski definition) is 1. The molecule has 1 N–H and O–H groups in total. The van der Waals surface area contributed by atoms with Crippen molar-refractivity contribution in [3.8, 4) is 0 Å². The van der Waals surface area contributed by atoms with E-state index in [0.29, 0.717) is 11.5 Å². The average molecular weight is 184 g/mol. The molecule has 0 aromatic heterocycles. The Labute approximate surface area is 82.7 Å². The molecule has 1 fully saturated rings. The zero-order valence-corrected chi connectivity index (χ0v) is 9.72. The number of nitrogens with zero attached hydrogens (tertiary/aromatic N) is 1. The number of nitrogens with one attached hydrogen (secondary N) is 1. The molecule has 2 heteroatoms. The molecular weight excluding hydrogens is 160 g/mol. The van der Waals surface area contributed by atoms with Gasteiger partial charge in [-0.15, -0.1) is 0 Å². The molecule has 1 aliphatic rings. The highest BCUT2D eigenvalue weighted by atomic mass is 15.2. The van der Waals surface area contributed by atoms with Crippen LogP contribution in [-0.2, 0) is 0 Å². The molecule has 0 amide bonds. The van der Waals surface area contributed by atoms with Gasteiger partial charge in [-0.1, -0.05) is 20.8 Å². The van der Waals surface area contributed by atoms with Gasteiger partial charge in [0.25, 0.3) is 0 Å². The van der Waals surface area contributed by atoms with Crippen molar-refractivity contribution >= 4 is 0 Å². The molecule has 1 rings (SSSR count). The van der Waals surface area contributed by atoms with Gasteiger partial charge in [-0.25, -0.2) is 0 Å². The van der Waals surface area contributed by atoms with Gasteiger partial charge in [0.15, 0.2) is 0 Å². The normalized spacial score (nSPS) is 30.0. The summed E-state index contributed by atoms with van der Waals surface area (Å²) in [5, 5.41) is 3.49. The Hall–Kier alpha value is -0.0800. The molecule has 2 nitrogen and oxygen atoms in total. The molecule has 1 saturated heterocycles. The summed E-state index contributed by atoms with van der Waals surface area (Å²) in [7, 11) is 2.25. The largest absolute Gasteiger partial charge is 0.313 e. The third-order valence-corrected chi connectivity index (χ3v) is 2.77. The summed E-state index contributed by atoms with van der Waals surface area (Å²) in [6, 6.07) is 1.39. The van der Waals surface area contributed by atoms with E-state index in [9.17, 15) is 0 Å². The van der Waals surface area contributed by atoms with Crippen molar-refractivity contribution in [2.75, 3.05) is 20.1 Å². The fraction of sp³-hybridized carbons (Fsp3) is 1.00. The summed E-state index contributed by atoms with van der Waals surface area (Å²) in [6.45, 7) is 11.6. The second-order valence-electron chi connectivity index (χ2n) is 5.57. The summed E-state index contributed by atoms with van der Waals surface area (Å²) in [6.07, 6.45) is 1.30. The summed E-state index contributed by atoms with van der Waals surface area (Å²) in [5.41, 5.74) is 0.414. The summed E-state index contributed by atoms with van der Waals surface area (Å²) >= 11 is 0. The van der Waals surface area contributed by atoms with Gasteiger partial charge in [0, 0.05) is 18.6 Å². The van der Waals surface area contributed by atoms with Gasteiger partial charge in [-0.05, 0) is 32.4 Å². The Morgan fingerprint density at radius 2 is 2.00 bits per heavy atom. The van der Waals surface area contributed by atoms with Crippen LogP contribution in [0.15, 0.2) is 0 Å². The average Bonchev–Trinajstić information content (AvgIpc) is 2.30. The Kier molecular flexibility index (Phi) is 3.36. The van der Waals surface area contributed by atoms with Gasteiger partial charge in [-0.3, -0.25) is 0 Å². The van der Waals surface area contributed by atoms with Gasteiger partial charge < -0.3 is 10.2 Å². The van der Waals surface area contributed by atoms with Gasteiger partial charge in [0.05, 0.1) is 0 Å². The van der Waals surface area contributed by atoms with Gasteiger partial charge in [0.2, 0.25) is 0 Å². The third-order valence-electron chi connectivity index (χ3n) is 2.77. The predicted molar refractivity (Wildman–Crippen MR) is 58.0 cm³/mol. The van der Waals surface area contributed by atoms with Crippen molar-refractivity contribution in [1.82, 2.24) is 10.2 Å². The predicted octanol–water partition coefficient (Wildman–Crippen LogP) is 1.71. The first-order valence-electron chi connectivity index (χ1n) is 5.34. The van der Waals surface area contributed by atoms with E-state index in [2.05, 4.69) is 45.0 Å². The minimum atomic E-state index is 0.414. The first-order chi connectivity index (χ1) is 5.90. The molecular formula is C11H24N2. The van der Waals surface area contributed by atoms with E-state index in [1.165, 1.54) is 19.5 Å². The molecule has 2 atom stereocenters. The highest BCUT2D eigenvalue weighted by molar-refractivity contribution is 4.87. The number of hydrogen-bond acceptors (Lipinski definition) is 2. The molecule has 0 radical (unpaired) electrons. The zero-order valence-electron chi connectivity index (χ0n) is 9.72. The lowest BCUT2D eigenvalue weighted by molar-refractivity contribution is 0.164. The van der Waals surface area contributed by atoms with Crippen LogP contribution in [0, 0.1) is 5.41 Å². The van der Waals surface area contributed by atoms with E-state index >= 15 is 0 Å². The van der Waals surface area contributed by atoms with Crippen LogP contribution >= 0.6 is 0 Å². The molecule has 0 bridgehead atoms. The lowest BCUT2D eigenvalue weighted by Crippen LogP contribution is -2.43. The van der Waals surface area contributed by atoms with Gasteiger partial charge >= 0.3 is 0 Å². The molecule has 0 aromatic carbocycles. The topological polar surface area (TPSA) is 15.3 Å². The van der Waals surface area contributed by atoms with Crippen molar-refractivity contribution in [3.05, 3.63) is 0 Å². The zero-order chi connectivity index (χ0) is 10.1. The molecule has 78 valence electrons. The summed E-state index contributed by atoms with van der Waals surface area (Å²) < 4.78 is 0. The van der Waals surface area contributed by atoms with E-state index in [1.807, 2.05) is 0 Å². The maximum Gasteiger partial charge on any atom is 0.0255 e. The van der Waals surface area contributed by atoms with Crippen molar-refractivity contribution in [2.45, 2.75) is 46.2 Å². The fourth-order valence-electron chi connectivity index (χ4n) is 2.31. The van der Waals surface area contributed by atoms with Crippen LogP contribution in [0.2, 0.25) is 0 Å². The first kappa shape index (κ1) is 11.0. The second kappa shape index (κ2) is 3.97. The first-order valence-corrected chi connectivity index (χ1v) is 5.34. The van der Waals surface area contributed by atoms with Crippen molar-refractivity contribution < 1.29 is 0 Å². The van der Waals surface area contributed by atoms with Crippen LogP contribution in [0.25, 0.3) is 0 Å². The van der Waals surface area contributed by atoms with Crippen LogP contribution < -0.4 is 5.32 Å². The molecule has 0 spiro atoms. The third kappa shape index (κ3) is 3.28. The lowest BCUT2D eigenvalue weighted by atomic mass is 9.95. The molecule has 1 heterocycles. The molecule has 13 heavy (non-hydrogen) atoms. The van der Waals surface area contributed by atoms with Gasteiger partial charge in [-0.2, -0.15) is 0 Å². The molecule has 0 aromatic rings. The molecule has 0 saturated carbocycles. The molecule has 1 aliphatic heterocycles. The van der Waals surface area contributed by atoms with E-state index < -0.39 is 0 Å². The van der Waals surface area contributed by atoms with Crippen LogP contribution in [0.4, 0.5) is 0 Å². The standard InChI is InChI=1S/C11H24N2/c1-9-10(6-7-12-9)13(5)8-11(2,3)4/h9-10,12H,6-8H2,1-5H3. The Bertz CT molecular complexity index is 160. The van der Waals surface area contributed by atoms with Crippen molar-refractivity contribution in [3.63, 3.8) is 0 Å². The van der Waals surface area contributed by atoms with Crippen LogP contribution in [0.5, 0.6) is 0 Å².